The molecule has 0 saturated heterocycles. The second-order valence-electron chi connectivity index (χ2n) is 4.65. The number of carboxylic acid groups (broad SMARTS) is 1. The maximum Gasteiger partial charge on any atom is 0.307 e. The molecule has 1 N–H and O–H groups in total. The summed E-state index contributed by atoms with van der Waals surface area (Å²) in [7, 11) is 0. The molecule has 0 aliphatic heterocycles. The Bertz CT molecular complexity index is 532. The molecule has 0 radical (unpaired) electrons. The summed E-state index contributed by atoms with van der Waals surface area (Å²) in [6.07, 6.45) is 2.01. The van der Waals surface area contributed by atoms with E-state index in [1.807, 2.05) is 30.3 Å². The summed E-state index contributed by atoms with van der Waals surface area (Å²) in [5.41, 5.74) is 2.10. The van der Waals surface area contributed by atoms with Gasteiger partial charge in [-0.05, 0) is 36.1 Å². The van der Waals surface area contributed by atoms with Crippen LogP contribution in [0.15, 0.2) is 54.6 Å². The van der Waals surface area contributed by atoms with E-state index in [0.29, 0.717) is 6.61 Å². The highest BCUT2D eigenvalue weighted by Gasteiger charge is 2.00. The molecule has 0 aromatic heterocycles. The van der Waals surface area contributed by atoms with Crippen molar-refractivity contribution in [3.05, 3.63) is 65.7 Å². The van der Waals surface area contributed by atoms with Gasteiger partial charge in [-0.1, -0.05) is 42.5 Å². The number of carboxylic acids is 1. The van der Waals surface area contributed by atoms with Gasteiger partial charge in [0.1, 0.15) is 5.75 Å². The molecule has 0 atom stereocenters. The first-order valence-electron chi connectivity index (χ1n) is 6.71. The van der Waals surface area contributed by atoms with Gasteiger partial charge in [-0.2, -0.15) is 0 Å². The van der Waals surface area contributed by atoms with Crippen molar-refractivity contribution in [1.29, 1.82) is 0 Å². The number of benzene rings is 2. The van der Waals surface area contributed by atoms with Crippen LogP contribution in [0.1, 0.15) is 17.5 Å². The van der Waals surface area contributed by atoms with Crippen LogP contribution in [0.2, 0.25) is 0 Å². The molecule has 0 aliphatic carbocycles. The Kier molecular flexibility index (Phi) is 5.18. The fraction of sp³-hybridized carbons (Fsp3) is 0.235. The molecule has 0 fully saturated rings. The average molecular weight is 270 g/mol. The lowest BCUT2D eigenvalue weighted by atomic mass is 10.1. The zero-order valence-corrected chi connectivity index (χ0v) is 11.3. The number of hydrogen-bond acceptors (Lipinski definition) is 2. The molecule has 0 aliphatic rings. The minimum atomic E-state index is -0.818. The van der Waals surface area contributed by atoms with E-state index in [9.17, 15) is 4.79 Å². The Hall–Kier alpha value is -2.29. The highest BCUT2D eigenvalue weighted by atomic mass is 16.5. The summed E-state index contributed by atoms with van der Waals surface area (Å²) in [5.74, 6) is -0.0336. The van der Waals surface area contributed by atoms with Gasteiger partial charge in [-0.3, -0.25) is 4.79 Å². The van der Waals surface area contributed by atoms with Gasteiger partial charge in [0, 0.05) is 0 Å². The summed E-state index contributed by atoms with van der Waals surface area (Å²) in [5, 5.41) is 8.69. The first-order valence-corrected chi connectivity index (χ1v) is 6.71. The van der Waals surface area contributed by atoms with Crippen molar-refractivity contribution in [2.75, 3.05) is 6.61 Å². The third kappa shape index (κ3) is 4.76. The third-order valence-electron chi connectivity index (χ3n) is 3.00. The summed E-state index contributed by atoms with van der Waals surface area (Å²) in [6.45, 7) is 0.660. The van der Waals surface area contributed by atoms with Crippen molar-refractivity contribution < 1.29 is 14.6 Å². The minimum Gasteiger partial charge on any atom is -0.494 e. The van der Waals surface area contributed by atoms with Crippen LogP contribution in [0, 0.1) is 0 Å². The molecule has 2 aromatic rings. The first kappa shape index (κ1) is 14.1. The van der Waals surface area contributed by atoms with Crippen LogP contribution in [0.4, 0.5) is 0 Å². The van der Waals surface area contributed by atoms with Crippen molar-refractivity contribution in [1.82, 2.24) is 0 Å². The number of rotatable bonds is 7. The lowest BCUT2D eigenvalue weighted by Gasteiger charge is -2.07. The molecule has 0 saturated carbocycles. The lowest BCUT2D eigenvalue weighted by Crippen LogP contribution is -2.01. The van der Waals surface area contributed by atoms with Gasteiger partial charge in [0.2, 0.25) is 0 Å². The smallest absolute Gasteiger partial charge is 0.307 e. The van der Waals surface area contributed by atoms with E-state index in [1.165, 1.54) is 5.56 Å². The minimum absolute atomic E-state index is 0.0499. The van der Waals surface area contributed by atoms with Gasteiger partial charge >= 0.3 is 5.97 Å². The molecule has 0 heterocycles. The topological polar surface area (TPSA) is 46.5 Å². The Morgan fingerprint density at radius 3 is 2.30 bits per heavy atom. The van der Waals surface area contributed by atoms with Gasteiger partial charge in [0.05, 0.1) is 13.0 Å². The van der Waals surface area contributed by atoms with Gasteiger partial charge in [-0.25, -0.2) is 0 Å². The van der Waals surface area contributed by atoms with Crippen LogP contribution in [0.25, 0.3) is 0 Å². The quantitative estimate of drug-likeness (QED) is 0.785. The normalized spacial score (nSPS) is 10.2. The van der Waals surface area contributed by atoms with Crippen molar-refractivity contribution >= 4 is 5.97 Å². The van der Waals surface area contributed by atoms with Gasteiger partial charge in [-0.15, -0.1) is 0 Å². The van der Waals surface area contributed by atoms with E-state index in [0.717, 1.165) is 24.2 Å². The summed E-state index contributed by atoms with van der Waals surface area (Å²) in [6, 6.07) is 17.5. The van der Waals surface area contributed by atoms with Crippen molar-refractivity contribution in [2.45, 2.75) is 19.3 Å². The van der Waals surface area contributed by atoms with Gasteiger partial charge < -0.3 is 9.84 Å². The molecule has 0 bridgehead atoms. The molecular formula is C17H18O3. The second-order valence-corrected chi connectivity index (χ2v) is 4.65. The summed E-state index contributed by atoms with van der Waals surface area (Å²) >= 11 is 0. The Labute approximate surface area is 118 Å². The Balaban J connectivity index is 1.73. The standard InChI is InChI=1S/C17H18O3/c18-17(19)13-15-8-10-16(11-9-15)20-12-4-7-14-5-2-1-3-6-14/h1-3,5-6,8-11H,4,7,12-13H2,(H,18,19). The van der Waals surface area contributed by atoms with Crippen LogP contribution in [0.5, 0.6) is 5.75 Å². The molecule has 0 unspecified atom stereocenters. The predicted octanol–water partition coefficient (Wildman–Crippen LogP) is 3.33. The Morgan fingerprint density at radius 1 is 0.950 bits per heavy atom. The molecule has 20 heavy (non-hydrogen) atoms. The van der Waals surface area contributed by atoms with E-state index in [2.05, 4.69) is 12.1 Å². The summed E-state index contributed by atoms with van der Waals surface area (Å²) < 4.78 is 5.64. The fourth-order valence-corrected chi connectivity index (χ4v) is 1.99. The zero-order chi connectivity index (χ0) is 14.2. The molecule has 0 spiro atoms. The van der Waals surface area contributed by atoms with E-state index in [1.54, 1.807) is 12.1 Å². The maximum atomic E-state index is 10.6. The van der Waals surface area contributed by atoms with E-state index < -0.39 is 5.97 Å². The maximum absolute atomic E-state index is 10.6. The molecular weight excluding hydrogens is 252 g/mol. The predicted molar refractivity (Wildman–Crippen MR) is 78.0 cm³/mol. The lowest BCUT2D eigenvalue weighted by molar-refractivity contribution is -0.136. The van der Waals surface area contributed by atoms with Crippen molar-refractivity contribution in [2.24, 2.45) is 0 Å². The number of carbonyl (C=O) groups is 1. The molecule has 104 valence electrons. The first-order chi connectivity index (χ1) is 9.74. The zero-order valence-electron chi connectivity index (χ0n) is 11.3. The molecule has 3 nitrogen and oxygen atoms in total. The highest BCUT2D eigenvalue weighted by molar-refractivity contribution is 5.70. The van der Waals surface area contributed by atoms with E-state index in [-0.39, 0.29) is 6.42 Å². The van der Waals surface area contributed by atoms with Crippen LogP contribution in [-0.2, 0) is 17.6 Å². The number of aliphatic carboxylic acids is 1. The molecule has 0 amide bonds. The average Bonchev–Trinajstić information content (AvgIpc) is 2.46. The number of hydrogen-bond donors (Lipinski definition) is 1. The van der Waals surface area contributed by atoms with Crippen LogP contribution < -0.4 is 4.74 Å². The second kappa shape index (κ2) is 7.34. The molecule has 2 aromatic carbocycles. The monoisotopic (exact) mass is 270 g/mol. The molecule has 3 heteroatoms. The number of ether oxygens (including phenoxy) is 1. The van der Waals surface area contributed by atoms with E-state index in [4.69, 9.17) is 9.84 Å². The van der Waals surface area contributed by atoms with Crippen LogP contribution in [-0.4, -0.2) is 17.7 Å². The number of aryl methyl sites for hydroxylation is 1. The molecule has 2 rings (SSSR count). The third-order valence-corrected chi connectivity index (χ3v) is 3.00. The Morgan fingerprint density at radius 2 is 1.65 bits per heavy atom. The summed E-state index contributed by atoms with van der Waals surface area (Å²) in [4.78, 5) is 10.6. The highest BCUT2D eigenvalue weighted by Crippen LogP contribution is 2.13. The van der Waals surface area contributed by atoms with Crippen LogP contribution >= 0.6 is 0 Å². The van der Waals surface area contributed by atoms with Crippen LogP contribution in [0.3, 0.4) is 0 Å². The largest absolute Gasteiger partial charge is 0.494 e. The van der Waals surface area contributed by atoms with Gasteiger partial charge in [0.25, 0.3) is 0 Å². The van der Waals surface area contributed by atoms with Gasteiger partial charge in [0.15, 0.2) is 0 Å². The van der Waals surface area contributed by atoms with Crippen molar-refractivity contribution in [3.63, 3.8) is 0 Å². The van der Waals surface area contributed by atoms with E-state index >= 15 is 0 Å². The SMILES string of the molecule is O=C(O)Cc1ccc(OCCCc2ccccc2)cc1. The fourth-order valence-electron chi connectivity index (χ4n) is 1.99. The van der Waals surface area contributed by atoms with Crippen molar-refractivity contribution in [3.8, 4) is 5.75 Å².